The fraction of sp³-hybridized carbons (Fsp3) is 0.263. The van der Waals surface area contributed by atoms with Crippen molar-refractivity contribution in [2.24, 2.45) is 0 Å². The van der Waals surface area contributed by atoms with Crippen LogP contribution in [0.2, 0.25) is 0 Å². The van der Waals surface area contributed by atoms with E-state index in [9.17, 15) is 14.0 Å². The summed E-state index contributed by atoms with van der Waals surface area (Å²) in [6.07, 6.45) is 1.85. The number of ether oxygens (including phenoxy) is 3. The molecule has 25 heavy (non-hydrogen) atoms. The first-order valence-electron chi connectivity index (χ1n) is 7.98. The third kappa shape index (κ3) is 4.64. The molecule has 1 heterocycles. The smallest absolute Gasteiger partial charge is 0.343 e. The van der Waals surface area contributed by atoms with E-state index in [0.717, 1.165) is 12.8 Å². The Morgan fingerprint density at radius 1 is 1.00 bits per heavy atom. The fourth-order valence-electron chi connectivity index (χ4n) is 2.44. The Hall–Kier alpha value is -2.73. The molecule has 3 rings (SSSR count). The van der Waals surface area contributed by atoms with Gasteiger partial charge < -0.3 is 14.2 Å². The number of hydrogen-bond donors (Lipinski definition) is 0. The molecule has 0 amide bonds. The van der Waals surface area contributed by atoms with Gasteiger partial charge in [0.15, 0.2) is 0 Å². The first-order chi connectivity index (χ1) is 12.1. The van der Waals surface area contributed by atoms with E-state index in [1.54, 1.807) is 0 Å². The summed E-state index contributed by atoms with van der Waals surface area (Å²) < 4.78 is 28.6. The van der Waals surface area contributed by atoms with Crippen molar-refractivity contribution >= 4 is 11.9 Å². The molecule has 0 radical (unpaired) electrons. The van der Waals surface area contributed by atoms with Crippen molar-refractivity contribution < 1.29 is 28.2 Å². The zero-order chi connectivity index (χ0) is 17.6. The monoisotopic (exact) mass is 344 g/mol. The molecule has 6 heteroatoms. The number of carbonyl (C=O) groups excluding carboxylic acids is 2. The number of hydrogen-bond acceptors (Lipinski definition) is 5. The molecule has 0 N–H and O–H groups in total. The summed E-state index contributed by atoms with van der Waals surface area (Å²) in [4.78, 5) is 23.9. The largest absolute Gasteiger partial charge is 0.459 e. The predicted octanol–water partition coefficient (Wildman–Crippen LogP) is 3.38. The Labute approximate surface area is 144 Å². The number of rotatable bonds is 5. The molecule has 5 nitrogen and oxygen atoms in total. The fourth-order valence-corrected chi connectivity index (χ4v) is 2.44. The molecule has 2 aromatic rings. The van der Waals surface area contributed by atoms with Crippen molar-refractivity contribution in [2.75, 3.05) is 13.2 Å². The normalized spacial score (nSPS) is 16.4. The van der Waals surface area contributed by atoms with Crippen LogP contribution in [0, 0.1) is 5.82 Å². The second-order valence-corrected chi connectivity index (χ2v) is 5.65. The van der Waals surface area contributed by atoms with Crippen LogP contribution in [0.25, 0.3) is 0 Å². The van der Waals surface area contributed by atoms with Crippen molar-refractivity contribution in [3.8, 4) is 5.75 Å². The Morgan fingerprint density at radius 3 is 2.28 bits per heavy atom. The third-order valence-corrected chi connectivity index (χ3v) is 3.80. The molecule has 1 saturated heterocycles. The average molecular weight is 344 g/mol. The number of halogens is 1. The summed E-state index contributed by atoms with van der Waals surface area (Å²) in [6.45, 7) is 0.941. The van der Waals surface area contributed by atoms with Gasteiger partial charge in [0.2, 0.25) is 0 Å². The van der Waals surface area contributed by atoms with Crippen LogP contribution in [0.5, 0.6) is 5.75 Å². The van der Waals surface area contributed by atoms with Crippen LogP contribution in [0.15, 0.2) is 48.5 Å². The molecule has 0 aromatic heterocycles. The Bertz CT molecular complexity index is 733. The van der Waals surface area contributed by atoms with Crippen LogP contribution < -0.4 is 4.74 Å². The maximum absolute atomic E-state index is 12.9. The zero-order valence-electron chi connectivity index (χ0n) is 13.4. The van der Waals surface area contributed by atoms with Gasteiger partial charge in [-0.1, -0.05) is 0 Å². The van der Waals surface area contributed by atoms with Crippen molar-refractivity contribution in [1.82, 2.24) is 0 Å². The maximum atomic E-state index is 12.9. The molecule has 130 valence electrons. The van der Waals surface area contributed by atoms with Crippen LogP contribution in [0.4, 0.5) is 4.39 Å². The number of benzene rings is 2. The minimum Gasteiger partial charge on any atom is -0.459 e. The van der Waals surface area contributed by atoms with E-state index >= 15 is 0 Å². The van der Waals surface area contributed by atoms with Crippen LogP contribution in [0.1, 0.15) is 33.6 Å². The van der Waals surface area contributed by atoms with Gasteiger partial charge >= 0.3 is 11.9 Å². The molecular formula is C19H17FO5. The second-order valence-electron chi connectivity index (χ2n) is 5.65. The first-order valence-corrected chi connectivity index (χ1v) is 7.98. The van der Waals surface area contributed by atoms with Crippen molar-refractivity contribution in [1.29, 1.82) is 0 Å². The SMILES string of the molecule is O=C(OCC1CCCO1)c1ccc(OC(=O)c2ccc(F)cc2)cc1. The highest BCUT2D eigenvalue weighted by Gasteiger charge is 2.18. The molecule has 0 spiro atoms. The summed E-state index contributed by atoms with van der Waals surface area (Å²) in [5.74, 6) is -1.20. The second kappa shape index (κ2) is 7.90. The summed E-state index contributed by atoms with van der Waals surface area (Å²) in [5, 5.41) is 0. The van der Waals surface area contributed by atoms with Crippen molar-refractivity contribution in [3.63, 3.8) is 0 Å². The standard InChI is InChI=1S/C19H17FO5/c20-15-7-3-14(4-8-15)19(22)25-16-9-5-13(6-10-16)18(21)24-12-17-2-1-11-23-17/h3-10,17H,1-2,11-12H2. The van der Waals surface area contributed by atoms with Crippen molar-refractivity contribution in [3.05, 3.63) is 65.5 Å². The lowest BCUT2D eigenvalue weighted by atomic mass is 10.2. The lowest BCUT2D eigenvalue weighted by Gasteiger charge is -2.10. The molecule has 1 unspecified atom stereocenters. The molecule has 1 fully saturated rings. The highest BCUT2D eigenvalue weighted by Crippen LogP contribution is 2.17. The van der Waals surface area contributed by atoms with E-state index in [-0.39, 0.29) is 24.0 Å². The lowest BCUT2D eigenvalue weighted by Crippen LogP contribution is -2.17. The Kier molecular flexibility index (Phi) is 5.40. The topological polar surface area (TPSA) is 61.8 Å². The third-order valence-electron chi connectivity index (χ3n) is 3.80. The van der Waals surface area contributed by atoms with Gasteiger partial charge in [-0.2, -0.15) is 0 Å². The van der Waals surface area contributed by atoms with Gasteiger partial charge in [0, 0.05) is 6.61 Å². The van der Waals surface area contributed by atoms with E-state index in [0.29, 0.717) is 12.2 Å². The van der Waals surface area contributed by atoms with Gasteiger partial charge in [0.25, 0.3) is 0 Å². The number of esters is 2. The van der Waals surface area contributed by atoms with Gasteiger partial charge in [-0.3, -0.25) is 0 Å². The highest BCUT2D eigenvalue weighted by atomic mass is 19.1. The van der Waals surface area contributed by atoms with Crippen LogP contribution in [0.3, 0.4) is 0 Å². The predicted molar refractivity (Wildman–Crippen MR) is 87.1 cm³/mol. The Morgan fingerprint density at radius 2 is 1.64 bits per heavy atom. The van der Waals surface area contributed by atoms with Crippen LogP contribution >= 0.6 is 0 Å². The van der Waals surface area contributed by atoms with E-state index in [1.807, 2.05) is 0 Å². The molecular weight excluding hydrogens is 327 g/mol. The van der Waals surface area contributed by atoms with E-state index in [1.165, 1.54) is 48.5 Å². The van der Waals surface area contributed by atoms with Crippen LogP contribution in [-0.4, -0.2) is 31.3 Å². The van der Waals surface area contributed by atoms with Crippen LogP contribution in [-0.2, 0) is 9.47 Å². The molecule has 1 aliphatic heterocycles. The van der Waals surface area contributed by atoms with E-state index in [4.69, 9.17) is 14.2 Å². The van der Waals surface area contributed by atoms with E-state index in [2.05, 4.69) is 0 Å². The van der Waals surface area contributed by atoms with Gasteiger partial charge in [-0.15, -0.1) is 0 Å². The summed E-state index contributed by atoms with van der Waals surface area (Å²) in [5.41, 5.74) is 0.598. The first kappa shape index (κ1) is 17.1. The molecule has 0 saturated carbocycles. The summed E-state index contributed by atoms with van der Waals surface area (Å²) >= 11 is 0. The zero-order valence-corrected chi connectivity index (χ0v) is 13.4. The number of carbonyl (C=O) groups is 2. The van der Waals surface area contributed by atoms with E-state index < -0.39 is 17.8 Å². The molecule has 2 aromatic carbocycles. The van der Waals surface area contributed by atoms with Gasteiger partial charge in [-0.25, -0.2) is 14.0 Å². The molecule has 1 atom stereocenters. The summed E-state index contributed by atoms with van der Waals surface area (Å²) in [6, 6.07) is 11.1. The molecule has 0 aliphatic carbocycles. The van der Waals surface area contributed by atoms with Gasteiger partial charge in [0.1, 0.15) is 18.2 Å². The van der Waals surface area contributed by atoms with Gasteiger partial charge in [0.05, 0.1) is 17.2 Å². The summed E-state index contributed by atoms with van der Waals surface area (Å²) in [7, 11) is 0. The van der Waals surface area contributed by atoms with Crippen molar-refractivity contribution in [2.45, 2.75) is 18.9 Å². The average Bonchev–Trinajstić information content (AvgIpc) is 3.14. The molecule has 0 bridgehead atoms. The Balaban J connectivity index is 1.55. The maximum Gasteiger partial charge on any atom is 0.343 e. The highest BCUT2D eigenvalue weighted by molar-refractivity contribution is 5.92. The minimum atomic E-state index is -0.603. The molecule has 1 aliphatic rings. The quantitative estimate of drug-likeness (QED) is 0.615. The minimum absolute atomic E-state index is 0.0279. The van der Waals surface area contributed by atoms with Gasteiger partial charge in [-0.05, 0) is 61.4 Å². The lowest BCUT2D eigenvalue weighted by molar-refractivity contribution is 0.0161.